The zero-order valence-corrected chi connectivity index (χ0v) is 12.9. The summed E-state index contributed by atoms with van der Waals surface area (Å²) in [6.45, 7) is 5.04. The Morgan fingerprint density at radius 3 is 2.71 bits per heavy atom. The van der Waals surface area contributed by atoms with E-state index in [4.69, 9.17) is 5.11 Å². The Morgan fingerprint density at radius 1 is 1.29 bits per heavy atom. The van der Waals surface area contributed by atoms with E-state index in [-0.39, 0.29) is 6.61 Å². The van der Waals surface area contributed by atoms with E-state index < -0.39 is 0 Å². The van der Waals surface area contributed by atoms with Crippen molar-refractivity contribution in [2.75, 3.05) is 25.1 Å². The van der Waals surface area contributed by atoms with Gasteiger partial charge < -0.3 is 10.0 Å². The normalized spacial score (nSPS) is 11.5. The minimum atomic E-state index is 0.167. The number of nitrogens with one attached hydrogen (secondary N) is 1. The number of aryl methyl sites for hydroxylation is 1. The van der Waals surface area contributed by atoms with Crippen LogP contribution < -0.4 is 9.88 Å². The average molecular weight is 283 g/mol. The first kappa shape index (κ1) is 15.3. The monoisotopic (exact) mass is 283 g/mol. The molecule has 0 saturated heterocycles. The average Bonchev–Trinajstić information content (AvgIpc) is 2.50. The fourth-order valence-electron chi connectivity index (χ4n) is 2.29. The van der Waals surface area contributed by atoms with Gasteiger partial charge in [0, 0.05) is 37.0 Å². The van der Waals surface area contributed by atoms with Crippen LogP contribution in [0.2, 0.25) is 0 Å². The third-order valence-electron chi connectivity index (χ3n) is 3.64. The van der Waals surface area contributed by atoms with E-state index in [1.807, 2.05) is 25.4 Å². The quantitative estimate of drug-likeness (QED) is 0.916. The molecule has 0 atom stereocenters. The fraction of sp³-hybridized carbons (Fsp3) is 0.278. The highest BCUT2D eigenvalue weighted by Crippen LogP contribution is 2.22. The summed E-state index contributed by atoms with van der Waals surface area (Å²) in [6.07, 6.45) is 4.13. The van der Waals surface area contributed by atoms with Crippen molar-refractivity contribution in [3.63, 3.8) is 0 Å². The van der Waals surface area contributed by atoms with Crippen molar-refractivity contribution in [2.45, 2.75) is 13.8 Å². The number of H-pyrrole nitrogens is 1. The molecule has 0 bridgehead atoms. The van der Waals surface area contributed by atoms with Gasteiger partial charge in [0.1, 0.15) is 0 Å². The standard InChI is InChI=1S/C18H22N2O/c1-14-13-17(20(3)10-11-21)8-7-16(14)12-15(2)18-6-4-5-9-19-18/h4-9,12-13,21H,10-11H2,1-3H3/p+1/b15-12+. The number of aliphatic hydroxyl groups is 1. The molecule has 110 valence electrons. The molecule has 2 rings (SSSR count). The van der Waals surface area contributed by atoms with Crippen molar-refractivity contribution in [3.8, 4) is 0 Å². The number of benzene rings is 1. The molecule has 0 aliphatic carbocycles. The minimum Gasteiger partial charge on any atom is -0.395 e. The van der Waals surface area contributed by atoms with Gasteiger partial charge in [-0.3, -0.25) is 0 Å². The number of hydrogen-bond acceptors (Lipinski definition) is 2. The number of anilines is 1. The highest BCUT2D eigenvalue weighted by atomic mass is 16.3. The number of aromatic amines is 1. The predicted octanol–water partition coefficient (Wildman–Crippen LogP) is 2.80. The number of nitrogens with zero attached hydrogens (tertiary/aromatic N) is 1. The van der Waals surface area contributed by atoms with Gasteiger partial charge in [-0.05, 0) is 49.2 Å². The molecule has 0 aliphatic heterocycles. The topological polar surface area (TPSA) is 37.6 Å². The van der Waals surface area contributed by atoms with E-state index in [1.165, 1.54) is 16.7 Å². The lowest BCUT2D eigenvalue weighted by molar-refractivity contribution is -0.381. The first-order valence-electron chi connectivity index (χ1n) is 7.20. The molecule has 3 nitrogen and oxygen atoms in total. The summed E-state index contributed by atoms with van der Waals surface area (Å²) in [6, 6.07) is 12.5. The number of likely N-dealkylation sites (N-methyl/N-ethyl adjacent to an activating group) is 1. The van der Waals surface area contributed by atoms with E-state index >= 15 is 0 Å². The van der Waals surface area contributed by atoms with Crippen LogP contribution in [0.4, 0.5) is 5.69 Å². The van der Waals surface area contributed by atoms with Crippen molar-refractivity contribution in [3.05, 3.63) is 59.4 Å². The number of aromatic nitrogens is 1. The zero-order valence-electron chi connectivity index (χ0n) is 12.9. The number of rotatable bonds is 5. The first-order chi connectivity index (χ1) is 10.1. The number of pyridine rings is 1. The molecule has 1 heterocycles. The molecule has 0 fully saturated rings. The molecule has 1 aromatic carbocycles. The van der Waals surface area contributed by atoms with Crippen LogP contribution in [0.15, 0.2) is 42.6 Å². The van der Waals surface area contributed by atoms with Gasteiger partial charge in [0.25, 0.3) is 0 Å². The molecule has 2 aromatic rings. The van der Waals surface area contributed by atoms with E-state index in [0.29, 0.717) is 6.54 Å². The summed E-state index contributed by atoms with van der Waals surface area (Å²) in [5.74, 6) is 0. The lowest BCUT2D eigenvalue weighted by atomic mass is 10.0. The molecule has 2 N–H and O–H groups in total. The highest BCUT2D eigenvalue weighted by molar-refractivity contribution is 5.79. The molecule has 0 radical (unpaired) electrons. The number of allylic oxidation sites excluding steroid dienone is 1. The van der Waals surface area contributed by atoms with Crippen molar-refractivity contribution in [1.82, 2.24) is 0 Å². The maximum absolute atomic E-state index is 9.01. The highest BCUT2D eigenvalue weighted by Gasteiger charge is 2.06. The zero-order chi connectivity index (χ0) is 15.2. The second-order valence-corrected chi connectivity index (χ2v) is 5.29. The number of aliphatic hydroxyl groups excluding tert-OH is 1. The van der Waals surface area contributed by atoms with Gasteiger partial charge >= 0.3 is 0 Å². The molecule has 0 amide bonds. The second-order valence-electron chi connectivity index (χ2n) is 5.29. The van der Waals surface area contributed by atoms with Crippen LogP contribution in [0.1, 0.15) is 23.7 Å². The molecule has 3 heteroatoms. The van der Waals surface area contributed by atoms with E-state index in [9.17, 15) is 0 Å². The molecule has 0 aliphatic rings. The summed E-state index contributed by atoms with van der Waals surface area (Å²) in [7, 11) is 1.99. The molecule has 0 spiro atoms. The predicted molar refractivity (Wildman–Crippen MR) is 88.1 cm³/mol. The molecule has 0 saturated carbocycles. The van der Waals surface area contributed by atoms with Crippen molar-refractivity contribution >= 4 is 17.3 Å². The minimum absolute atomic E-state index is 0.167. The van der Waals surface area contributed by atoms with Gasteiger partial charge in [0.15, 0.2) is 6.20 Å². The van der Waals surface area contributed by atoms with Gasteiger partial charge in [0.05, 0.1) is 6.61 Å². The summed E-state index contributed by atoms with van der Waals surface area (Å²) in [5, 5.41) is 9.01. The maximum Gasteiger partial charge on any atom is 0.206 e. The third kappa shape index (κ3) is 3.92. The van der Waals surface area contributed by atoms with E-state index in [1.54, 1.807) is 0 Å². The Balaban J connectivity index is 2.25. The molecular weight excluding hydrogens is 260 g/mol. The first-order valence-corrected chi connectivity index (χ1v) is 7.20. The Morgan fingerprint density at radius 2 is 2.10 bits per heavy atom. The van der Waals surface area contributed by atoms with Crippen LogP contribution in [0.5, 0.6) is 0 Å². The Labute approximate surface area is 126 Å². The van der Waals surface area contributed by atoms with Crippen LogP contribution >= 0.6 is 0 Å². The lowest BCUT2D eigenvalue weighted by Crippen LogP contribution is -2.21. The van der Waals surface area contributed by atoms with Crippen LogP contribution in [-0.2, 0) is 0 Å². The summed E-state index contributed by atoms with van der Waals surface area (Å²) in [4.78, 5) is 5.30. The smallest absolute Gasteiger partial charge is 0.206 e. The van der Waals surface area contributed by atoms with Crippen molar-refractivity contribution < 1.29 is 10.1 Å². The fourth-order valence-corrected chi connectivity index (χ4v) is 2.29. The van der Waals surface area contributed by atoms with Crippen molar-refractivity contribution in [2.24, 2.45) is 0 Å². The maximum atomic E-state index is 9.01. The molecular formula is C18H23N2O+. The van der Waals surface area contributed by atoms with Crippen molar-refractivity contribution in [1.29, 1.82) is 0 Å². The Bertz CT molecular complexity index is 620. The molecule has 0 unspecified atom stereocenters. The third-order valence-corrected chi connectivity index (χ3v) is 3.64. The summed E-state index contributed by atoms with van der Waals surface area (Å²) in [5.41, 5.74) is 5.90. The van der Waals surface area contributed by atoms with E-state index in [2.05, 4.69) is 54.1 Å². The largest absolute Gasteiger partial charge is 0.395 e. The van der Waals surface area contributed by atoms with Gasteiger partial charge in [-0.25, -0.2) is 4.98 Å². The Kier molecular flexibility index (Phi) is 5.12. The van der Waals surface area contributed by atoms with Gasteiger partial charge in [0.2, 0.25) is 5.69 Å². The lowest BCUT2D eigenvalue weighted by Gasteiger charge is -2.19. The van der Waals surface area contributed by atoms with Crippen LogP contribution in [0.3, 0.4) is 0 Å². The van der Waals surface area contributed by atoms with Gasteiger partial charge in [-0.1, -0.05) is 6.07 Å². The van der Waals surface area contributed by atoms with Gasteiger partial charge in [-0.2, -0.15) is 0 Å². The summed E-state index contributed by atoms with van der Waals surface area (Å²) >= 11 is 0. The summed E-state index contributed by atoms with van der Waals surface area (Å²) < 4.78 is 0. The SMILES string of the molecule is C/C(=C\c1ccc(N(C)CCO)cc1C)c1cccc[nH+]1. The van der Waals surface area contributed by atoms with Crippen LogP contribution in [0.25, 0.3) is 11.6 Å². The molecule has 1 aromatic heterocycles. The second kappa shape index (κ2) is 7.04. The molecule has 21 heavy (non-hydrogen) atoms. The Hall–Kier alpha value is -2.13. The number of hydrogen-bond donors (Lipinski definition) is 1. The van der Waals surface area contributed by atoms with Crippen LogP contribution in [0, 0.1) is 6.92 Å². The van der Waals surface area contributed by atoms with E-state index in [0.717, 1.165) is 11.4 Å². The van der Waals surface area contributed by atoms with Gasteiger partial charge in [-0.15, -0.1) is 0 Å². The van der Waals surface area contributed by atoms with Crippen LogP contribution in [-0.4, -0.2) is 25.3 Å².